The minimum atomic E-state index is -0.519. The Bertz CT molecular complexity index is 576. The summed E-state index contributed by atoms with van der Waals surface area (Å²) in [5.41, 5.74) is 13.6. The van der Waals surface area contributed by atoms with Crippen LogP contribution in [-0.2, 0) is 5.54 Å². The van der Waals surface area contributed by atoms with E-state index in [-0.39, 0.29) is 0 Å². The summed E-state index contributed by atoms with van der Waals surface area (Å²) >= 11 is 0. The van der Waals surface area contributed by atoms with Crippen LogP contribution in [0.15, 0.2) is 49.1 Å². The molecular formula is C20H25N. The summed E-state index contributed by atoms with van der Waals surface area (Å²) in [5, 5.41) is 0. The maximum Gasteiger partial charge on any atom is 0.0700 e. The third-order valence-corrected chi connectivity index (χ3v) is 3.94. The predicted octanol–water partition coefficient (Wildman–Crippen LogP) is 4.70. The smallest absolute Gasteiger partial charge is 0.0700 e. The number of nitrogens with two attached hydrogens (primary N) is 1. The molecule has 0 heterocycles. The van der Waals surface area contributed by atoms with Crippen LogP contribution < -0.4 is 5.73 Å². The molecule has 0 aliphatic heterocycles. The summed E-state index contributed by atoms with van der Waals surface area (Å²) in [6.07, 6.45) is 2.63. The fraction of sp³-hybridized carbons (Fsp3) is 0.300. The molecule has 0 unspecified atom stereocenters. The van der Waals surface area contributed by atoms with Crippen LogP contribution in [0.3, 0.4) is 0 Å². The number of aryl methyl sites for hydroxylation is 4. The van der Waals surface area contributed by atoms with Gasteiger partial charge < -0.3 is 5.73 Å². The van der Waals surface area contributed by atoms with Crippen LogP contribution in [0.2, 0.25) is 0 Å². The molecule has 2 N–H and O–H groups in total. The molecule has 1 heteroatoms. The van der Waals surface area contributed by atoms with Crippen molar-refractivity contribution in [3.63, 3.8) is 0 Å². The van der Waals surface area contributed by atoms with E-state index in [1.165, 1.54) is 22.3 Å². The van der Waals surface area contributed by atoms with E-state index in [4.69, 9.17) is 5.73 Å². The Labute approximate surface area is 128 Å². The lowest BCUT2D eigenvalue weighted by atomic mass is 9.79. The summed E-state index contributed by atoms with van der Waals surface area (Å²) < 4.78 is 0. The molecule has 0 radical (unpaired) electrons. The molecular weight excluding hydrogens is 254 g/mol. The Hall–Kier alpha value is -1.86. The normalized spacial score (nSPS) is 11.5. The molecule has 0 fully saturated rings. The zero-order valence-electron chi connectivity index (χ0n) is 13.5. The van der Waals surface area contributed by atoms with Gasteiger partial charge in [0.1, 0.15) is 0 Å². The molecule has 0 saturated carbocycles. The molecule has 2 rings (SSSR count). The van der Waals surface area contributed by atoms with E-state index in [1.54, 1.807) is 0 Å². The van der Waals surface area contributed by atoms with Gasteiger partial charge in [0, 0.05) is 0 Å². The quantitative estimate of drug-likeness (QED) is 0.807. The first-order valence-electron chi connectivity index (χ1n) is 7.42. The lowest BCUT2D eigenvalue weighted by Gasteiger charge is -2.31. The average molecular weight is 279 g/mol. The van der Waals surface area contributed by atoms with Gasteiger partial charge in [-0.1, -0.05) is 64.7 Å². The topological polar surface area (TPSA) is 26.0 Å². The molecule has 0 saturated heterocycles. The van der Waals surface area contributed by atoms with Gasteiger partial charge in [-0.15, -0.1) is 6.58 Å². The zero-order chi connectivity index (χ0) is 15.6. The van der Waals surface area contributed by atoms with Crippen molar-refractivity contribution in [2.45, 2.75) is 39.7 Å². The van der Waals surface area contributed by atoms with Crippen LogP contribution in [0, 0.1) is 27.7 Å². The first kappa shape index (κ1) is 15.5. The fourth-order valence-corrected chi connectivity index (χ4v) is 3.09. The highest BCUT2D eigenvalue weighted by Crippen LogP contribution is 2.33. The van der Waals surface area contributed by atoms with Gasteiger partial charge in [0.05, 0.1) is 5.54 Å². The van der Waals surface area contributed by atoms with Gasteiger partial charge in [-0.2, -0.15) is 0 Å². The molecule has 2 aromatic carbocycles. The molecule has 0 aliphatic rings. The Kier molecular flexibility index (Phi) is 4.34. The first-order valence-corrected chi connectivity index (χ1v) is 7.42. The van der Waals surface area contributed by atoms with Crippen LogP contribution in [0.5, 0.6) is 0 Å². The fourth-order valence-electron chi connectivity index (χ4n) is 3.09. The molecule has 21 heavy (non-hydrogen) atoms. The minimum Gasteiger partial charge on any atom is -0.317 e. The van der Waals surface area contributed by atoms with Crippen molar-refractivity contribution in [3.05, 3.63) is 82.4 Å². The van der Waals surface area contributed by atoms with Crippen molar-refractivity contribution in [2.24, 2.45) is 5.73 Å². The van der Waals surface area contributed by atoms with Crippen LogP contribution in [0.25, 0.3) is 0 Å². The molecule has 0 spiro atoms. The van der Waals surface area contributed by atoms with Gasteiger partial charge in [0.2, 0.25) is 0 Å². The van der Waals surface area contributed by atoms with Gasteiger partial charge in [-0.25, -0.2) is 0 Å². The van der Waals surface area contributed by atoms with Gasteiger partial charge in [-0.05, 0) is 45.2 Å². The molecule has 110 valence electrons. The second-order valence-electron chi connectivity index (χ2n) is 6.22. The number of benzene rings is 2. The first-order chi connectivity index (χ1) is 9.85. The van der Waals surface area contributed by atoms with E-state index in [0.717, 1.165) is 17.5 Å². The van der Waals surface area contributed by atoms with E-state index >= 15 is 0 Å². The van der Waals surface area contributed by atoms with Crippen LogP contribution in [0.4, 0.5) is 0 Å². The van der Waals surface area contributed by atoms with Crippen molar-refractivity contribution in [2.75, 3.05) is 0 Å². The van der Waals surface area contributed by atoms with E-state index in [1.807, 2.05) is 6.08 Å². The minimum absolute atomic E-state index is 0.519. The number of hydrogen-bond acceptors (Lipinski definition) is 1. The molecule has 0 aromatic heterocycles. The largest absolute Gasteiger partial charge is 0.317 e. The molecule has 0 amide bonds. The summed E-state index contributed by atoms with van der Waals surface area (Å²) in [6, 6.07) is 13.1. The number of rotatable bonds is 4. The Morgan fingerprint density at radius 2 is 1.14 bits per heavy atom. The van der Waals surface area contributed by atoms with Crippen LogP contribution >= 0.6 is 0 Å². The zero-order valence-corrected chi connectivity index (χ0v) is 13.5. The van der Waals surface area contributed by atoms with Crippen LogP contribution in [-0.4, -0.2) is 0 Å². The summed E-state index contributed by atoms with van der Waals surface area (Å²) in [5.74, 6) is 0. The summed E-state index contributed by atoms with van der Waals surface area (Å²) in [7, 11) is 0. The van der Waals surface area contributed by atoms with Gasteiger partial charge in [0.15, 0.2) is 0 Å². The maximum atomic E-state index is 6.86. The Balaban J connectivity index is 2.66. The Morgan fingerprint density at radius 1 is 0.810 bits per heavy atom. The van der Waals surface area contributed by atoms with E-state index in [9.17, 15) is 0 Å². The molecule has 2 aromatic rings. The Morgan fingerprint density at radius 3 is 1.43 bits per heavy atom. The second-order valence-corrected chi connectivity index (χ2v) is 6.22. The predicted molar refractivity (Wildman–Crippen MR) is 91.6 cm³/mol. The van der Waals surface area contributed by atoms with Crippen molar-refractivity contribution in [3.8, 4) is 0 Å². The van der Waals surface area contributed by atoms with Crippen molar-refractivity contribution >= 4 is 0 Å². The highest BCUT2D eigenvalue weighted by atomic mass is 14.7. The molecule has 0 bridgehead atoms. The van der Waals surface area contributed by atoms with E-state index in [0.29, 0.717) is 0 Å². The van der Waals surface area contributed by atoms with E-state index in [2.05, 4.69) is 70.7 Å². The van der Waals surface area contributed by atoms with Gasteiger partial charge in [-0.3, -0.25) is 0 Å². The average Bonchev–Trinajstić information content (AvgIpc) is 2.36. The monoisotopic (exact) mass is 279 g/mol. The van der Waals surface area contributed by atoms with E-state index < -0.39 is 5.54 Å². The highest BCUT2D eigenvalue weighted by molar-refractivity contribution is 5.44. The lowest BCUT2D eigenvalue weighted by Crippen LogP contribution is -2.37. The molecule has 0 atom stereocenters. The second kappa shape index (κ2) is 5.87. The summed E-state index contributed by atoms with van der Waals surface area (Å²) in [6.45, 7) is 12.4. The lowest BCUT2D eigenvalue weighted by molar-refractivity contribution is 0.546. The standard InChI is InChI=1S/C20H25N/c1-6-7-20(21,18-10-14(2)8-15(3)11-18)19-12-16(4)9-17(5)13-19/h6,8-13H,1,7,21H2,2-5H3. The highest BCUT2D eigenvalue weighted by Gasteiger charge is 2.29. The number of hydrogen-bond donors (Lipinski definition) is 1. The maximum absolute atomic E-state index is 6.86. The summed E-state index contributed by atoms with van der Waals surface area (Å²) in [4.78, 5) is 0. The van der Waals surface area contributed by atoms with Crippen LogP contribution in [0.1, 0.15) is 39.8 Å². The van der Waals surface area contributed by atoms with Gasteiger partial charge in [0.25, 0.3) is 0 Å². The SMILES string of the molecule is C=CCC(N)(c1cc(C)cc(C)c1)c1cc(C)cc(C)c1. The molecule has 0 aliphatic carbocycles. The molecule has 1 nitrogen and oxygen atoms in total. The third kappa shape index (κ3) is 3.25. The van der Waals surface area contributed by atoms with Crippen molar-refractivity contribution in [1.29, 1.82) is 0 Å². The third-order valence-electron chi connectivity index (χ3n) is 3.94. The van der Waals surface area contributed by atoms with Crippen molar-refractivity contribution in [1.82, 2.24) is 0 Å². The van der Waals surface area contributed by atoms with Crippen molar-refractivity contribution < 1.29 is 0 Å². The van der Waals surface area contributed by atoms with Gasteiger partial charge >= 0.3 is 0 Å².